The molecule has 7 heteroatoms. The van der Waals surface area contributed by atoms with Crippen LogP contribution >= 0.6 is 0 Å². The third-order valence-corrected chi connectivity index (χ3v) is 3.19. The Balaban J connectivity index is 3.05. The fraction of sp³-hybridized carbons (Fsp3) is 0.429. The smallest absolute Gasteiger partial charge is 0.328 e. The molecule has 0 spiro atoms. The molecule has 116 valence electrons. The highest BCUT2D eigenvalue weighted by Crippen LogP contribution is 2.16. The standard InChI is InChI=1S/C14H16F3NO3/c1-4-7(2)12(14(20)21-3)18-13(19)11-9(16)5-8(15)6-10(11)17/h5-7,12H,4H2,1-3H3,(H,18,19)/t7-,12+/m0/s1. The van der Waals surface area contributed by atoms with Gasteiger partial charge in [-0.15, -0.1) is 0 Å². The van der Waals surface area contributed by atoms with Crippen LogP contribution in [0.5, 0.6) is 0 Å². The lowest BCUT2D eigenvalue weighted by Crippen LogP contribution is -2.46. The van der Waals surface area contributed by atoms with Crippen LogP contribution in [-0.2, 0) is 9.53 Å². The molecule has 2 atom stereocenters. The molecule has 4 nitrogen and oxygen atoms in total. The number of amides is 1. The molecule has 1 rings (SSSR count). The van der Waals surface area contributed by atoms with Crippen LogP contribution in [0, 0.1) is 23.4 Å². The molecule has 0 fully saturated rings. The highest BCUT2D eigenvalue weighted by Gasteiger charge is 2.29. The molecule has 0 bridgehead atoms. The summed E-state index contributed by atoms with van der Waals surface area (Å²) in [5, 5.41) is 2.22. The quantitative estimate of drug-likeness (QED) is 0.850. The van der Waals surface area contributed by atoms with Gasteiger partial charge in [-0.05, 0) is 5.92 Å². The highest BCUT2D eigenvalue weighted by molar-refractivity contribution is 5.97. The molecule has 0 radical (unpaired) electrons. The number of esters is 1. The molecule has 0 aliphatic rings. The molecule has 0 aliphatic heterocycles. The van der Waals surface area contributed by atoms with Crippen LogP contribution < -0.4 is 5.32 Å². The Kier molecular flexibility index (Phi) is 5.75. The Hall–Kier alpha value is -2.05. The van der Waals surface area contributed by atoms with E-state index in [9.17, 15) is 22.8 Å². The van der Waals surface area contributed by atoms with E-state index in [2.05, 4.69) is 10.1 Å². The van der Waals surface area contributed by atoms with Crippen molar-refractivity contribution < 1.29 is 27.5 Å². The molecule has 1 aromatic carbocycles. The van der Waals surface area contributed by atoms with Gasteiger partial charge in [-0.25, -0.2) is 18.0 Å². The van der Waals surface area contributed by atoms with E-state index in [4.69, 9.17) is 0 Å². The van der Waals surface area contributed by atoms with Crippen LogP contribution in [0.1, 0.15) is 30.6 Å². The fourth-order valence-electron chi connectivity index (χ4n) is 1.77. The van der Waals surface area contributed by atoms with Gasteiger partial charge in [0.05, 0.1) is 7.11 Å². The van der Waals surface area contributed by atoms with Crippen molar-refractivity contribution in [3.8, 4) is 0 Å². The summed E-state index contributed by atoms with van der Waals surface area (Å²) in [5.74, 6) is -5.96. The first kappa shape index (κ1) is 17.0. The average Bonchev–Trinajstić information content (AvgIpc) is 2.41. The van der Waals surface area contributed by atoms with Crippen LogP contribution in [0.4, 0.5) is 13.2 Å². The van der Waals surface area contributed by atoms with Crippen LogP contribution in [0.25, 0.3) is 0 Å². The van der Waals surface area contributed by atoms with Gasteiger partial charge in [-0.1, -0.05) is 20.3 Å². The van der Waals surface area contributed by atoms with E-state index in [-0.39, 0.29) is 5.92 Å². The fourth-order valence-corrected chi connectivity index (χ4v) is 1.77. The first-order valence-electron chi connectivity index (χ1n) is 6.35. The number of hydrogen-bond acceptors (Lipinski definition) is 3. The Morgan fingerprint density at radius 1 is 1.24 bits per heavy atom. The Bertz CT molecular complexity index is 525. The van der Waals surface area contributed by atoms with Gasteiger partial charge in [0.15, 0.2) is 0 Å². The molecule has 1 amide bonds. The molecule has 1 N–H and O–H groups in total. The minimum atomic E-state index is -1.34. The van der Waals surface area contributed by atoms with E-state index in [1.165, 1.54) is 0 Å². The molecule has 0 unspecified atom stereocenters. The number of ether oxygens (including phenoxy) is 1. The van der Waals surface area contributed by atoms with Crippen LogP contribution in [0.15, 0.2) is 12.1 Å². The minimum absolute atomic E-state index is 0.298. The van der Waals surface area contributed by atoms with Gasteiger partial charge in [0, 0.05) is 12.1 Å². The maximum Gasteiger partial charge on any atom is 0.328 e. The molecule has 0 heterocycles. The van der Waals surface area contributed by atoms with Crippen molar-refractivity contribution in [3.63, 3.8) is 0 Å². The van der Waals surface area contributed by atoms with Gasteiger partial charge >= 0.3 is 5.97 Å². The molecular formula is C14H16F3NO3. The van der Waals surface area contributed by atoms with Gasteiger partial charge in [-0.2, -0.15) is 0 Å². The van der Waals surface area contributed by atoms with Gasteiger partial charge in [0.2, 0.25) is 0 Å². The number of methoxy groups -OCH3 is 1. The summed E-state index contributed by atoms with van der Waals surface area (Å²) in [4.78, 5) is 23.5. The van der Waals surface area contributed by atoms with Crippen molar-refractivity contribution in [2.45, 2.75) is 26.3 Å². The van der Waals surface area contributed by atoms with E-state index in [0.717, 1.165) is 7.11 Å². The molecule has 0 aromatic heterocycles. The Labute approximate surface area is 120 Å². The summed E-state index contributed by atoms with van der Waals surface area (Å²) in [7, 11) is 1.14. The van der Waals surface area contributed by atoms with Gasteiger partial charge < -0.3 is 10.1 Å². The monoisotopic (exact) mass is 303 g/mol. The second-order valence-corrected chi connectivity index (χ2v) is 4.60. The number of hydrogen-bond donors (Lipinski definition) is 1. The van der Waals surface area contributed by atoms with Crippen molar-refractivity contribution in [1.82, 2.24) is 5.32 Å². The SMILES string of the molecule is CC[C@H](C)[C@@H](NC(=O)c1c(F)cc(F)cc1F)C(=O)OC. The lowest BCUT2D eigenvalue weighted by Gasteiger charge is -2.22. The molecule has 21 heavy (non-hydrogen) atoms. The average molecular weight is 303 g/mol. The van der Waals surface area contributed by atoms with E-state index < -0.39 is 40.9 Å². The topological polar surface area (TPSA) is 55.4 Å². The normalized spacial score (nSPS) is 13.4. The third kappa shape index (κ3) is 3.96. The number of carbonyl (C=O) groups excluding carboxylic acids is 2. The molecule has 0 aliphatic carbocycles. The largest absolute Gasteiger partial charge is 0.467 e. The van der Waals surface area contributed by atoms with Gasteiger partial charge in [-0.3, -0.25) is 4.79 Å². The zero-order valence-corrected chi connectivity index (χ0v) is 11.9. The van der Waals surface area contributed by atoms with E-state index >= 15 is 0 Å². The summed E-state index contributed by atoms with van der Waals surface area (Å²) in [5.41, 5.74) is -0.936. The number of halogens is 3. The minimum Gasteiger partial charge on any atom is -0.467 e. The first-order chi connectivity index (χ1) is 9.81. The highest BCUT2D eigenvalue weighted by atomic mass is 19.1. The van der Waals surface area contributed by atoms with Crippen molar-refractivity contribution in [2.75, 3.05) is 7.11 Å². The van der Waals surface area contributed by atoms with E-state index in [1.54, 1.807) is 13.8 Å². The summed E-state index contributed by atoms with van der Waals surface area (Å²) < 4.78 is 44.4. The number of nitrogens with one attached hydrogen (secondary N) is 1. The predicted octanol–water partition coefficient (Wildman–Crippen LogP) is 2.42. The van der Waals surface area contributed by atoms with Crippen LogP contribution in [0.2, 0.25) is 0 Å². The van der Waals surface area contributed by atoms with E-state index in [0.29, 0.717) is 18.6 Å². The summed E-state index contributed by atoms with van der Waals surface area (Å²) in [6.45, 7) is 3.46. The van der Waals surface area contributed by atoms with Crippen LogP contribution in [0.3, 0.4) is 0 Å². The lowest BCUT2D eigenvalue weighted by atomic mass is 9.98. The van der Waals surface area contributed by atoms with Gasteiger partial charge in [0.1, 0.15) is 29.1 Å². The number of carbonyl (C=O) groups is 2. The molecular weight excluding hydrogens is 287 g/mol. The summed E-state index contributed by atoms with van der Waals surface area (Å²) in [6, 6.07) is -0.251. The molecule has 0 saturated carbocycles. The van der Waals surface area contributed by atoms with Crippen LogP contribution in [-0.4, -0.2) is 25.0 Å². The molecule has 1 aromatic rings. The van der Waals surface area contributed by atoms with Gasteiger partial charge in [0.25, 0.3) is 5.91 Å². The summed E-state index contributed by atoms with van der Waals surface area (Å²) >= 11 is 0. The predicted molar refractivity (Wildman–Crippen MR) is 69.0 cm³/mol. The first-order valence-corrected chi connectivity index (χ1v) is 6.35. The lowest BCUT2D eigenvalue weighted by molar-refractivity contribution is -0.144. The van der Waals surface area contributed by atoms with Crippen molar-refractivity contribution in [2.24, 2.45) is 5.92 Å². The number of rotatable bonds is 5. The zero-order valence-electron chi connectivity index (χ0n) is 11.9. The van der Waals surface area contributed by atoms with Crippen molar-refractivity contribution in [1.29, 1.82) is 0 Å². The maximum atomic E-state index is 13.5. The number of benzene rings is 1. The Morgan fingerprint density at radius 3 is 2.19 bits per heavy atom. The Morgan fingerprint density at radius 2 is 1.76 bits per heavy atom. The zero-order chi connectivity index (χ0) is 16.2. The van der Waals surface area contributed by atoms with E-state index in [1.807, 2.05) is 0 Å². The third-order valence-electron chi connectivity index (χ3n) is 3.19. The maximum absolute atomic E-state index is 13.5. The molecule has 0 saturated heterocycles. The second kappa shape index (κ2) is 7.10. The van der Waals surface area contributed by atoms with Crippen molar-refractivity contribution in [3.05, 3.63) is 35.1 Å². The second-order valence-electron chi connectivity index (χ2n) is 4.60. The summed E-state index contributed by atoms with van der Waals surface area (Å²) in [6.07, 6.45) is 0.536. The van der Waals surface area contributed by atoms with Crippen molar-refractivity contribution >= 4 is 11.9 Å².